The Balaban J connectivity index is 1.59. The highest BCUT2D eigenvalue weighted by molar-refractivity contribution is 6.01. The number of aromatic nitrogens is 7. The van der Waals surface area contributed by atoms with Gasteiger partial charge in [0.1, 0.15) is 23.6 Å². The van der Waals surface area contributed by atoms with Gasteiger partial charge in [-0.1, -0.05) is 12.1 Å². The third kappa shape index (κ3) is 3.23. The molecule has 5 aromatic rings. The van der Waals surface area contributed by atoms with Gasteiger partial charge in [-0.25, -0.2) is 19.3 Å². The molecule has 4 aromatic heterocycles. The molecule has 0 aliphatic rings. The first-order valence-electron chi connectivity index (χ1n) is 9.41. The first-order valence-corrected chi connectivity index (χ1v) is 9.41. The number of hydrogen-bond donors (Lipinski definition) is 2. The van der Waals surface area contributed by atoms with Crippen molar-refractivity contribution in [3.63, 3.8) is 0 Å². The monoisotopic (exact) mass is 416 g/mol. The highest BCUT2D eigenvalue weighted by Gasteiger charge is 2.19. The number of nitrogens with zero attached hydrogens (tertiary/aromatic N) is 6. The van der Waals surface area contributed by atoms with E-state index in [0.29, 0.717) is 46.5 Å². The number of rotatable bonds is 5. The zero-order valence-electron chi connectivity index (χ0n) is 16.5. The maximum absolute atomic E-state index is 14.1. The Labute approximate surface area is 175 Å². The third-order valence-corrected chi connectivity index (χ3v) is 4.92. The molecule has 0 radical (unpaired) electrons. The van der Waals surface area contributed by atoms with Crippen molar-refractivity contribution in [2.24, 2.45) is 0 Å². The van der Waals surface area contributed by atoms with Crippen LogP contribution in [0.15, 0.2) is 55.1 Å². The number of nitrogen functional groups attached to an aromatic ring is 1. The van der Waals surface area contributed by atoms with Gasteiger partial charge in [0.25, 0.3) is 0 Å². The van der Waals surface area contributed by atoms with Crippen LogP contribution in [0.25, 0.3) is 33.5 Å². The van der Waals surface area contributed by atoms with Gasteiger partial charge >= 0.3 is 0 Å². The van der Waals surface area contributed by atoms with E-state index in [-0.39, 0.29) is 5.82 Å². The van der Waals surface area contributed by atoms with Gasteiger partial charge in [0.05, 0.1) is 24.6 Å². The molecule has 0 saturated carbocycles. The molecule has 9 nitrogen and oxygen atoms in total. The molecule has 154 valence electrons. The zero-order valence-corrected chi connectivity index (χ0v) is 16.5. The van der Waals surface area contributed by atoms with Crippen LogP contribution in [-0.2, 0) is 6.54 Å². The van der Waals surface area contributed by atoms with Crippen molar-refractivity contribution in [2.75, 3.05) is 12.8 Å². The molecule has 5 rings (SSSR count). The second-order valence-corrected chi connectivity index (χ2v) is 6.79. The Morgan fingerprint density at radius 1 is 1.03 bits per heavy atom. The van der Waals surface area contributed by atoms with Crippen LogP contribution in [0.3, 0.4) is 0 Å². The molecule has 0 aliphatic carbocycles. The topological polar surface area (TPSA) is 120 Å². The van der Waals surface area contributed by atoms with Crippen molar-refractivity contribution in [3.8, 4) is 28.4 Å². The smallest absolute Gasteiger partial charge is 0.221 e. The van der Waals surface area contributed by atoms with Gasteiger partial charge in [-0.3, -0.25) is 0 Å². The van der Waals surface area contributed by atoms with E-state index in [1.165, 1.54) is 12.4 Å². The number of nitrogens with one attached hydrogen (secondary N) is 1. The summed E-state index contributed by atoms with van der Waals surface area (Å²) in [7, 11) is 1.56. The first-order chi connectivity index (χ1) is 15.2. The number of halogens is 1. The number of fused-ring (bicyclic) bond motifs is 1. The van der Waals surface area contributed by atoms with Crippen LogP contribution in [0, 0.1) is 5.82 Å². The van der Waals surface area contributed by atoms with Crippen LogP contribution in [0.2, 0.25) is 0 Å². The van der Waals surface area contributed by atoms with E-state index in [2.05, 4.69) is 30.1 Å². The van der Waals surface area contributed by atoms with E-state index >= 15 is 0 Å². The Bertz CT molecular complexity index is 1390. The highest BCUT2D eigenvalue weighted by Crippen LogP contribution is 2.36. The number of hydrogen-bond acceptors (Lipinski definition) is 7. The Morgan fingerprint density at radius 2 is 1.87 bits per heavy atom. The van der Waals surface area contributed by atoms with Gasteiger partial charge in [-0.05, 0) is 24.3 Å². The molecule has 0 bridgehead atoms. The standard InChI is InChI=1S/C21H17FN8O/c1-31-21-12(6-4-8-24-21)14-9-30(20-17(14)18(23)25-11-26-20)10-16-27-19(29-28-16)13-5-2-3-7-15(13)22/h2-9,11H,10H2,1H3,(H2,23,25,26)(H,27,28,29). The number of benzene rings is 1. The Morgan fingerprint density at radius 3 is 2.71 bits per heavy atom. The van der Waals surface area contributed by atoms with Crippen molar-refractivity contribution >= 4 is 16.9 Å². The lowest BCUT2D eigenvalue weighted by Crippen LogP contribution is -2.02. The van der Waals surface area contributed by atoms with Crippen LogP contribution in [-0.4, -0.2) is 41.8 Å². The quantitative estimate of drug-likeness (QED) is 0.452. The fraction of sp³-hybridized carbons (Fsp3) is 0.0952. The largest absolute Gasteiger partial charge is 0.481 e. The summed E-state index contributed by atoms with van der Waals surface area (Å²) >= 11 is 0. The van der Waals surface area contributed by atoms with Crippen LogP contribution < -0.4 is 10.5 Å². The van der Waals surface area contributed by atoms with E-state index in [1.54, 1.807) is 31.5 Å². The number of pyridine rings is 1. The summed E-state index contributed by atoms with van der Waals surface area (Å²) in [4.78, 5) is 15.9. The van der Waals surface area contributed by atoms with E-state index in [0.717, 1.165) is 11.1 Å². The second-order valence-electron chi connectivity index (χ2n) is 6.79. The molecule has 4 heterocycles. The van der Waals surface area contributed by atoms with Crippen LogP contribution in [0.4, 0.5) is 10.2 Å². The lowest BCUT2D eigenvalue weighted by molar-refractivity contribution is 0.400. The molecule has 0 atom stereocenters. The lowest BCUT2D eigenvalue weighted by atomic mass is 10.1. The maximum Gasteiger partial charge on any atom is 0.221 e. The minimum atomic E-state index is -0.372. The van der Waals surface area contributed by atoms with Gasteiger partial charge in [0.15, 0.2) is 11.6 Å². The van der Waals surface area contributed by atoms with Crippen LogP contribution in [0.1, 0.15) is 5.82 Å². The average Bonchev–Trinajstić information content (AvgIpc) is 3.40. The van der Waals surface area contributed by atoms with Gasteiger partial charge in [0.2, 0.25) is 5.88 Å². The molecule has 3 N–H and O–H groups in total. The predicted octanol–water partition coefficient (Wildman–Crippen LogP) is 3.06. The lowest BCUT2D eigenvalue weighted by Gasteiger charge is -2.06. The molecule has 31 heavy (non-hydrogen) atoms. The van der Waals surface area contributed by atoms with Gasteiger partial charge in [-0.15, -0.1) is 10.2 Å². The molecule has 0 aliphatic heterocycles. The van der Waals surface area contributed by atoms with E-state index < -0.39 is 0 Å². The molecular formula is C21H17FN8O. The summed E-state index contributed by atoms with van der Waals surface area (Å²) in [6.07, 6.45) is 4.95. The van der Waals surface area contributed by atoms with Crippen LogP contribution in [0.5, 0.6) is 5.88 Å². The van der Waals surface area contributed by atoms with E-state index in [4.69, 9.17) is 10.5 Å². The van der Waals surface area contributed by atoms with Gasteiger partial charge in [-0.2, -0.15) is 0 Å². The molecule has 0 fully saturated rings. The summed E-state index contributed by atoms with van der Waals surface area (Å²) in [6, 6.07) is 10.1. The van der Waals surface area contributed by atoms with Crippen molar-refractivity contribution in [1.82, 2.24) is 34.7 Å². The normalized spacial score (nSPS) is 11.2. The van der Waals surface area contributed by atoms with Crippen molar-refractivity contribution in [1.29, 1.82) is 0 Å². The van der Waals surface area contributed by atoms with Gasteiger partial charge < -0.3 is 20.0 Å². The number of anilines is 1. The maximum atomic E-state index is 14.1. The molecule has 0 amide bonds. The molecule has 1 aromatic carbocycles. The Kier molecular flexibility index (Phi) is 4.51. The highest BCUT2D eigenvalue weighted by atomic mass is 19.1. The number of methoxy groups -OCH3 is 1. The van der Waals surface area contributed by atoms with E-state index in [1.807, 2.05) is 22.9 Å². The number of ether oxygens (including phenoxy) is 1. The van der Waals surface area contributed by atoms with Gasteiger partial charge in [0, 0.05) is 23.5 Å². The van der Waals surface area contributed by atoms with Crippen molar-refractivity contribution in [3.05, 3.63) is 66.8 Å². The number of H-pyrrole nitrogens is 1. The second kappa shape index (κ2) is 7.48. The molecule has 0 unspecified atom stereocenters. The minimum Gasteiger partial charge on any atom is -0.481 e. The summed E-state index contributed by atoms with van der Waals surface area (Å²) in [5.41, 5.74) is 8.71. The zero-order chi connectivity index (χ0) is 21.4. The molecule has 10 heteroatoms. The van der Waals surface area contributed by atoms with Crippen molar-refractivity contribution < 1.29 is 9.13 Å². The predicted molar refractivity (Wildman–Crippen MR) is 113 cm³/mol. The molecule has 0 saturated heterocycles. The number of aromatic amines is 1. The van der Waals surface area contributed by atoms with Crippen LogP contribution >= 0.6 is 0 Å². The Hall–Kier alpha value is -4.34. The molecule has 0 spiro atoms. The summed E-state index contributed by atoms with van der Waals surface area (Å²) in [5, 5.41) is 8.94. The summed E-state index contributed by atoms with van der Waals surface area (Å²) in [5.74, 6) is 1.33. The summed E-state index contributed by atoms with van der Waals surface area (Å²) < 4.78 is 21.4. The SMILES string of the molecule is COc1ncccc1-c1cn(Cc2nnc(-c3ccccc3F)[nH]2)c2ncnc(N)c12. The third-order valence-electron chi connectivity index (χ3n) is 4.92. The molecular weight excluding hydrogens is 399 g/mol. The van der Waals surface area contributed by atoms with Crippen molar-refractivity contribution in [2.45, 2.75) is 6.54 Å². The van der Waals surface area contributed by atoms with E-state index in [9.17, 15) is 4.39 Å². The first kappa shape index (κ1) is 18.7. The minimum absolute atomic E-state index is 0.316. The fourth-order valence-corrected chi connectivity index (χ4v) is 3.53. The number of nitrogens with two attached hydrogens (primary N) is 1. The average molecular weight is 416 g/mol. The fourth-order valence-electron chi connectivity index (χ4n) is 3.53. The summed E-state index contributed by atoms with van der Waals surface area (Å²) in [6.45, 7) is 0.316.